The van der Waals surface area contributed by atoms with Crippen LogP contribution in [0.25, 0.3) is 6.08 Å². The number of amides is 4. The van der Waals surface area contributed by atoms with Crippen LogP contribution in [0, 0.1) is 15.9 Å². The number of anilines is 1. The number of non-ortho nitro benzene ring substituents is 1. The van der Waals surface area contributed by atoms with Gasteiger partial charge in [-0.1, -0.05) is 24.3 Å². The summed E-state index contributed by atoms with van der Waals surface area (Å²) in [7, 11) is 0. The van der Waals surface area contributed by atoms with Crippen LogP contribution in [0.3, 0.4) is 0 Å². The van der Waals surface area contributed by atoms with E-state index < -0.39 is 22.8 Å². The van der Waals surface area contributed by atoms with E-state index in [4.69, 9.17) is 9.47 Å². The second-order valence-corrected chi connectivity index (χ2v) is 8.58. The number of nitrogens with zero attached hydrogens (tertiary/aromatic N) is 2. The van der Waals surface area contributed by atoms with Gasteiger partial charge in [0.25, 0.3) is 17.5 Å². The third-order valence-electron chi connectivity index (χ3n) is 5.83. The standard InChI is InChI=1S/C29H24FN3O7/c1-3-6-20-13-19(15-25(39-4-2)26(20)40-17-18-9-11-21(30)12-10-18)14-24-27(34)31-29(36)32(28(24)35)22-7-5-8-23(16-22)33(37)38/h3,5,7-16H,1,4,6,17H2,2H3,(H,31,34,36)/b24-14+. The first-order valence-electron chi connectivity index (χ1n) is 12.2. The monoisotopic (exact) mass is 545 g/mol. The molecular formula is C29H24FN3O7. The topological polar surface area (TPSA) is 128 Å². The molecule has 3 aromatic rings. The van der Waals surface area contributed by atoms with Gasteiger partial charge in [0.15, 0.2) is 11.5 Å². The van der Waals surface area contributed by atoms with Crippen molar-refractivity contribution in [1.82, 2.24) is 5.32 Å². The zero-order chi connectivity index (χ0) is 28.8. The Kier molecular flexibility index (Phi) is 8.33. The number of nitrogens with one attached hydrogen (secondary N) is 1. The third kappa shape index (κ3) is 6.04. The van der Waals surface area contributed by atoms with E-state index >= 15 is 0 Å². The van der Waals surface area contributed by atoms with Crippen molar-refractivity contribution in [3.63, 3.8) is 0 Å². The minimum absolute atomic E-state index is 0.0676. The molecule has 0 aromatic heterocycles. The second kappa shape index (κ2) is 12.0. The summed E-state index contributed by atoms with van der Waals surface area (Å²) in [5.41, 5.74) is 1.02. The van der Waals surface area contributed by atoms with E-state index in [1.165, 1.54) is 36.4 Å². The number of carbonyl (C=O) groups is 3. The number of nitro benzene ring substituents is 1. The van der Waals surface area contributed by atoms with Crippen molar-refractivity contribution in [3.05, 3.63) is 112 Å². The molecule has 1 aliphatic heterocycles. The molecule has 1 N–H and O–H groups in total. The molecule has 0 bridgehead atoms. The summed E-state index contributed by atoms with van der Waals surface area (Å²) in [6.45, 7) is 5.98. The number of rotatable bonds is 10. The lowest BCUT2D eigenvalue weighted by Crippen LogP contribution is -2.54. The summed E-state index contributed by atoms with van der Waals surface area (Å²) in [5.74, 6) is -1.48. The summed E-state index contributed by atoms with van der Waals surface area (Å²) < 4.78 is 25.1. The molecule has 4 amide bonds. The normalized spacial score (nSPS) is 14.2. The van der Waals surface area contributed by atoms with Crippen LogP contribution in [0.2, 0.25) is 0 Å². The number of hydrogen-bond donors (Lipinski definition) is 1. The molecule has 1 heterocycles. The lowest BCUT2D eigenvalue weighted by molar-refractivity contribution is -0.384. The van der Waals surface area contributed by atoms with Crippen LogP contribution in [0.4, 0.5) is 20.6 Å². The Hall–Kier alpha value is -5.32. The summed E-state index contributed by atoms with van der Waals surface area (Å²) >= 11 is 0. The Balaban J connectivity index is 1.72. The predicted octanol–water partition coefficient (Wildman–Crippen LogP) is 5.11. The molecule has 1 aliphatic rings. The molecule has 10 nitrogen and oxygen atoms in total. The molecule has 0 radical (unpaired) electrons. The summed E-state index contributed by atoms with van der Waals surface area (Å²) in [6.07, 6.45) is 3.30. The maximum Gasteiger partial charge on any atom is 0.335 e. The molecule has 0 aliphatic carbocycles. The number of hydrogen-bond acceptors (Lipinski definition) is 7. The van der Waals surface area contributed by atoms with Crippen LogP contribution < -0.4 is 19.7 Å². The van der Waals surface area contributed by atoms with Crippen LogP contribution in [-0.2, 0) is 22.6 Å². The molecular weight excluding hydrogens is 521 g/mol. The zero-order valence-electron chi connectivity index (χ0n) is 21.4. The highest BCUT2D eigenvalue weighted by Crippen LogP contribution is 2.36. The smallest absolute Gasteiger partial charge is 0.335 e. The fourth-order valence-electron chi connectivity index (χ4n) is 4.04. The van der Waals surface area contributed by atoms with Gasteiger partial charge in [0.05, 0.1) is 17.2 Å². The van der Waals surface area contributed by atoms with Crippen LogP contribution in [0.15, 0.2) is 78.9 Å². The number of halogens is 1. The molecule has 0 spiro atoms. The average molecular weight is 546 g/mol. The first-order valence-corrected chi connectivity index (χ1v) is 12.2. The van der Waals surface area contributed by atoms with Gasteiger partial charge in [0.2, 0.25) is 0 Å². The number of allylic oxidation sites excluding steroid dienone is 1. The van der Waals surface area contributed by atoms with Crippen LogP contribution in [0.5, 0.6) is 11.5 Å². The van der Waals surface area contributed by atoms with Gasteiger partial charge >= 0.3 is 6.03 Å². The van der Waals surface area contributed by atoms with Gasteiger partial charge < -0.3 is 9.47 Å². The summed E-state index contributed by atoms with van der Waals surface area (Å²) in [6, 6.07) is 13.1. The number of carbonyl (C=O) groups excluding carboxylic acids is 3. The Labute approximate surface area is 228 Å². The fraction of sp³-hybridized carbons (Fsp3) is 0.138. The van der Waals surface area contributed by atoms with E-state index in [0.29, 0.717) is 33.9 Å². The van der Waals surface area contributed by atoms with Crippen molar-refractivity contribution in [3.8, 4) is 11.5 Å². The van der Waals surface area contributed by atoms with Gasteiger partial charge in [-0.05, 0) is 60.9 Å². The highest BCUT2D eigenvalue weighted by molar-refractivity contribution is 6.39. The first kappa shape index (κ1) is 27.7. The highest BCUT2D eigenvalue weighted by atomic mass is 19.1. The maximum absolute atomic E-state index is 13.3. The maximum atomic E-state index is 13.3. The number of benzene rings is 3. The van der Waals surface area contributed by atoms with Gasteiger partial charge in [0, 0.05) is 17.7 Å². The van der Waals surface area contributed by atoms with Gasteiger partial charge in [0.1, 0.15) is 18.0 Å². The highest BCUT2D eigenvalue weighted by Gasteiger charge is 2.37. The lowest BCUT2D eigenvalue weighted by atomic mass is 10.0. The SMILES string of the molecule is C=CCc1cc(/C=C2\C(=O)NC(=O)N(c3cccc([N+](=O)[O-])c3)C2=O)cc(OCC)c1OCc1ccc(F)cc1. The minimum atomic E-state index is -1.03. The van der Waals surface area contributed by atoms with E-state index in [2.05, 4.69) is 11.9 Å². The summed E-state index contributed by atoms with van der Waals surface area (Å²) in [5, 5.41) is 13.3. The van der Waals surface area contributed by atoms with Gasteiger partial charge in [-0.2, -0.15) is 0 Å². The van der Waals surface area contributed by atoms with Crippen molar-refractivity contribution >= 4 is 35.3 Å². The van der Waals surface area contributed by atoms with Gasteiger partial charge in [-0.3, -0.25) is 25.0 Å². The summed E-state index contributed by atoms with van der Waals surface area (Å²) in [4.78, 5) is 49.7. The Morgan fingerprint density at radius 2 is 1.82 bits per heavy atom. The van der Waals surface area contributed by atoms with Gasteiger partial charge in [-0.15, -0.1) is 6.58 Å². The minimum Gasteiger partial charge on any atom is -0.490 e. The van der Waals surface area contributed by atoms with Crippen molar-refractivity contribution in [2.75, 3.05) is 11.5 Å². The van der Waals surface area contributed by atoms with Crippen LogP contribution in [0.1, 0.15) is 23.6 Å². The Bertz CT molecular complexity index is 1530. The van der Waals surface area contributed by atoms with Crippen LogP contribution in [-0.4, -0.2) is 29.4 Å². The van der Waals surface area contributed by atoms with E-state index in [1.54, 1.807) is 37.3 Å². The molecule has 3 aromatic carbocycles. The predicted molar refractivity (Wildman–Crippen MR) is 144 cm³/mol. The molecule has 40 heavy (non-hydrogen) atoms. The molecule has 1 saturated heterocycles. The first-order chi connectivity index (χ1) is 19.2. The van der Waals surface area contributed by atoms with E-state index in [9.17, 15) is 28.9 Å². The van der Waals surface area contributed by atoms with E-state index in [-0.39, 0.29) is 36.0 Å². The van der Waals surface area contributed by atoms with E-state index in [1.807, 2.05) is 0 Å². The van der Waals surface area contributed by atoms with Crippen molar-refractivity contribution in [1.29, 1.82) is 0 Å². The number of barbiturate groups is 1. The number of ether oxygens (including phenoxy) is 2. The molecule has 204 valence electrons. The molecule has 11 heteroatoms. The molecule has 4 rings (SSSR count). The fourth-order valence-corrected chi connectivity index (χ4v) is 4.04. The largest absolute Gasteiger partial charge is 0.490 e. The Morgan fingerprint density at radius 1 is 1.07 bits per heavy atom. The number of imide groups is 2. The van der Waals surface area contributed by atoms with Gasteiger partial charge in [-0.25, -0.2) is 14.1 Å². The van der Waals surface area contributed by atoms with Crippen molar-refractivity contribution < 1.29 is 33.2 Å². The quantitative estimate of drug-likeness (QED) is 0.123. The van der Waals surface area contributed by atoms with E-state index in [0.717, 1.165) is 11.6 Å². The lowest BCUT2D eigenvalue weighted by Gasteiger charge is -2.26. The van der Waals surface area contributed by atoms with Crippen LogP contribution >= 0.6 is 0 Å². The van der Waals surface area contributed by atoms with Crippen molar-refractivity contribution in [2.24, 2.45) is 0 Å². The second-order valence-electron chi connectivity index (χ2n) is 8.58. The van der Waals surface area contributed by atoms with Crippen molar-refractivity contribution in [2.45, 2.75) is 20.0 Å². The zero-order valence-corrected chi connectivity index (χ0v) is 21.4. The molecule has 1 fully saturated rings. The number of nitro groups is 1. The molecule has 0 unspecified atom stereocenters. The third-order valence-corrected chi connectivity index (χ3v) is 5.83. The average Bonchev–Trinajstić information content (AvgIpc) is 2.92. The molecule has 0 saturated carbocycles. The molecule has 0 atom stereocenters. The number of urea groups is 1. The Morgan fingerprint density at radius 3 is 2.50 bits per heavy atom.